The predicted molar refractivity (Wildman–Crippen MR) is 60.3 cm³/mol. The van der Waals surface area contributed by atoms with Gasteiger partial charge in [0.2, 0.25) is 5.91 Å². The fraction of sp³-hybridized carbons (Fsp3) is 0.333. The molecular formula is C12H14N2O2. The molecule has 0 atom stereocenters. The van der Waals surface area contributed by atoms with E-state index in [-0.39, 0.29) is 12.5 Å². The summed E-state index contributed by atoms with van der Waals surface area (Å²) < 4.78 is 0. The summed E-state index contributed by atoms with van der Waals surface area (Å²) >= 11 is 0. The van der Waals surface area contributed by atoms with E-state index in [0.29, 0.717) is 18.7 Å². The van der Waals surface area contributed by atoms with Gasteiger partial charge in [0.25, 0.3) is 0 Å². The van der Waals surface area contributed by atoms with Gasteiger partial charge in [-0.2, -0.15) is 0 Å². The minimum absolute atomic E-state index is 0.0108. The van der Waals surface area contributed by atoms with E-state index in [9.17, 15) is 4.79 Å². The summed E-state index contributed by atoms with van der Waals surface area (Å²) in [6, 6.07) is 3.48. The van der Waals surface area contributed by atoms with Crippen LogP contribution in [0.2, 0.25) is 0 Å². The lowest BCUT2D eigenvalue weighted by Gasteiger charge is -1.96. The molecular weight excluding hydrogens is 204 g/mol. The fourth-order valence-corrected chi connectivity index (χ4v) is 1.10. The Morgan fingerprint density at radius 1 is 1.62 bits per heavy atom. The SMILES string of the molecule is CC(=O)NCCC#Cc1cc(CO)ccn1. The summed E-state index contributed by atoms with van der Waals surface area (Å²) in [6.45, 7) is 2.00. The number of aromatic nitrogens is 1. The highest BCUT2D eigenvalue weighted by Gasteiger charge is 1.92. The van der Waals surface area contributed by atoms with Crippen molar-refractivity contribution in [2.75, 3.05) is 6.54 Å². The van der Waals surface area contributed by atoms with Crippen LogP contribution in [0.15, 0.2) is 18.3 Å². The largest absolute Gasteiger partial charge is 0.392 e. The van der Waals surface area contributed by atoms with Gasteiger partial charge in [-0.3, -0.25) is 4.79 Å². The van der Waals surface area contributed by atoms with Gasteiger partial charge in [-0.25, -0.2) is 4.98 Å². The van der Waals surface area contributed by atoms with Gasteiger partial charge in [-0.05, 0) is 23.6 Å². The molecule has 2 N–H and O–H groups in total. The molecule has 0 fully saturated rings. The smallest absolute Gasteiger partial charge is 0.216 e. The molecule has 0 bridgehead atoms. The molecule has 4 heteroatoms. The van der Waals surface area contributed by atoms with Gasteiger partial charge in [-0.1, -0.05) is 5.92 Å². The van der Waals surface area contributed by atoms with Crippen molar-refractivity contribution >= 4 is 5.91 Å². The minimum atomic E-state index is -0.0535. The molecule has 84 valence electrons. The van der Waals surface area contributed by atoms with E-state index in [4.69, 9.17) is 5.11 Å². The second-order valence-corrected chi connectivity index (χ2v) is 3.24. The Morgan fingerprint density at radius 3 is 3.12 bits per heavy atom. The van der Waals surface area contributed by atoms with E-state index >= 15 is 0 Å². The van der Waals surface area contributed by atoms with Crippen molar-refractivity contribution in [2.45, 2.75) is 20.0 Å². The number of amides is 1. The normalized spacial score (nSPS) is 9.12. The first-order valence-electron chi connectivity index (χ1n) is 5.01. The highest BCUT2D eigenvalue weighted by Crippen LogP contribution is 1.99. The molecule has 0 aliphatic heterocycles. The molecule has 1 aromatic rings. The van der Waals surface area contributed by atoms with Crippen LogP contribution in [0.3, 0.4) is 0 Å². The second kappa shape index (κ2) is 6.59. The molecule has 0 spiro atoms. The molecule has 0 saturated carbocycles. The summed E-state index contributed by atoms with van der Waals surface area (Å²) in [4.78, 5) is 14.6. The first-order valence-corrected chi connectivity index (χ1v) is 5.01. The van der Waals surface area contributed by atoms with Crippen molar-refractivity contribution in [3.05, 3.63) is 29.6 Å². The molecule has 0 radical (unpaired) electrons. The Hall–Kier alpha value is -1.86. The lowest BCUT2D eigenvalue weighted by molar-refractivity contribution is -0.118. The third-order valence-corrected chi connectivity index (χ3v) is 1.85. The first-order chi connectivity index (χ1) is 7.72. The van der Waals surface area contributed by atoms with Crippen LogP contribution >= 0.6 is 0 Å². The molecule has 4 nitrogen and oxygen atoms in total. The molecule has 16 heavy (non-hydrogen) atoms. The molecule has 1 amide bonds. The van der Waals surface area contributed by atoms with Crippen LogP contribution in [0.4, 0.5) is 0 Å². The van der Waals surface area contributed by atoms with Crippen LogP contribution in [0.5, 0.6) is 0 Å². The van der Waals surface area contributed by atoms with Crippen molar-refractivity contribution < 1.29 is 9.90 Å². The van der Waals surface area contributed by atoms with Crippen LogP contribution in [-0.2, 0) is 11.4 Å². The highest BCUT2D eigenvalue weighted by molar-refractivity contribution is 5.72. The zero-order valence-corrected chi connectivity index (χ0v) is 9.16. The zero-order valence-electron chi connectivity index (χ0n) is 9.16. The van der Waals surface area contributed by atoms with Gasteiger partial charge < -0.3 is 10.4 Å². The van der Waals surface area contributed by atoms with Crippen LogP contribution in [0.25, 0.3) is 0 Å². The van der Waals surface area contributed by atoms with Gasteiger partial charge in [0.05, 0.1) is 6.61 Å². The Balaban J connectivity index is 2.46. The monoisotopic (exact) mass is 218 g/mol. The Morgan fingerprint density at radius 2 is 2.44 bits per heavy atom. The quantitative estimate of drug-likeness (QED) is 0.572. The number of nitrogens with zero attached hydrogens (tertiary/aromatic N) is 1. The lowest BCUT2D eigenvalue weighted by Crippen LogP contribution is -2.20. The fourth-order valence-electron chi connectivity index (χ4n) is 1.10. The molecule has 0 aromatic carbocycles. The predicted octanol–water partition coefficient (Wildman–Crippen LogP) is 0.452. The summed E-state index contributed by atoms with van der Waals surface area (Å²) in [7, 11) is 0. The Bertz CT molecular complexity index is 419. The number of rotatable bonds is 3. The number of carbonyl (C=O) groups is 1. The van der Waals surface area contributed by atoms with E-state index in [0.717, 1.165) is 5.56 Å². The van der Waals surface area contributed by atoms with Crippen LogP contribution < -0.4 is 5.32 Å². The summed E-state index contributed by atoms with van der Waals surface area (Å²) in [5, 5.41) is 11.6. The van der Waals surface area contributed by atoms with E-state index in [1.807, 2.05) is 0 Å². The van der Waals surface area contributed by atoms with Crippen LogP contribution in [0, 0.1) is 11.8 Å². The van der Waals surface area contributed by atoms with Crippen molar-refractivity contribution in [3.63, 3.8) is 0 Å². The molecule has 0 aliphatic rings. The molecule has 1 rings (SSSR count). The van der Waals surface area contributed by atoms with Gasteiger partial charge >= 0.3 is 0 Å². The van der Waals surface area contributed by atoms with Crippen molar-refractivity contribution in [1.82, 2.24) is 10.3 Å². The number of carbonyl (C=O) groups excluding carboxylic acids is 1. The number of hydrogen-bond acceptors (Lipinski definition) is 3. The second-order valence-electron chi connectivity index (χ2n) is 3.24. The van der Waals surface area contributed by atoms with Gasteiger partial charge in [0.1, 0.15) is 5.69 Å². The van der Waals surface area contributed by atoms with E-state index in [2.05, 4.69) is 22.1 Å². The highest BCUT2D eigenvalue weighted by atomic mass is 16.3. The van der Waals surface area contributed by atoms with E-state index < -0.39 is 0 Å². The zero-order chi connectivity index (χ0) is 11.8. The average molecular weight is 218 g/mol. The maximum absolute atomic E-state index is 10.6. The Kier molecular flexibility index (Phi) is 5.03. The van der Waals surface area contributed by atoms with Crippen LogP contribution in [0.1, 0.15) is 24.6 Å². The number of pyridine rings is 1. The first kappa shape index (κ1) is 12.2. The van der Waals surface area contributed by atoms with E-state index in [1.165, 1.54) is 6.92 Å². The van der Waals surface area contributed by atoms with Gasteiger partial charge in [0, 0.05) is 26.1 Å². The summed E-state index contributed by atoms with van der Waals surface area (Å²) in [6.07, 6.45) is 2.20. The van der Waals surface area contributed by atoms with E-state index in [1.54, 1.807) is 18.3 Å². The minimum Gasteiger partial charge on any atom is -0.392 e. The van der Waals surface area contributed by atoms with Crippen LogP contribution in [-0.4, -0.2) is 22.5 Å². The molecule has 1 aromatic heterocycles. The van der Waals surface area contributed by atoms with Crippen molar-refractivity contribution in [1.29, 1.82) is 0 Å². The third-order valence-electron chi connectivity index (χ3n) is 1.85. The maximum Gasteiger partial charge on any atom is 0.216 e. The summed E-state index contributed by atoms with van der Waals surface area (Å²) in [5.74, 6) is 5.72. The average Bonchev–Trinajstić information content (AvgIpc) is 2.28. The number of nitrogens with one attached hydrogen (secondary N) is 1. The number of hydrogen-bond donors (Lipinski definition) is 2. The van der Waals surface area contributed by atoms with Crippen molar-refractivity contribution in [3.8, 4) is 11.8 Å². The van der Waals surface area contributed by atoms with Gasteiger partial charge in [0.15, 0.2) is 0 Å². The molecule has 1 heterocycles. The van der Waals surface area contributed by atoms with Crippen molar-refractivity contribution in [2.24, 2.45) is 0 Å². The summed E-state index contributed by atoms with van der Waals surface area (Å²) in [5.41, 5.74) is 1.43. The number of aliphatic hydroxyl groups is 1. The molecule has 0 saturated heterocycles. The lowest BCUT2D eigenvalue weighted by atomic mass is 10.2. The third kappa shape index (κ3) is 4.58. The topological polar surface area (TPSA) is 62.2 Å². The Labute approximate surface area is 94.7 Å². The maximum atomic E-state index is 10.6. The number of aliphatic hydroxyl groups excluding tert-OH is 1. The standard InChI is InChI=1S/C12H14N2O2/c1-10(16)13-6-3-2-4-12-8-11(9-15)5-7-14-12/h5,7-8,15H,3,6,9H2,1H3,(H,13,16). The molecule has 0 unspecified atom stereocenters. The van der Waals surface area contributed by atoms with Gasteiger partial charge in [-0.15, -0.1) is 0 Å². The molecule has 0 aliphatic carbocycles.